The molecule has 0 bridgehead atoms. The van der Waals surface area contributed by atoms with Gasteiger partial charge in [-0.3, -0.25) is 4.79 Å². The molecule has 0 saturated carbocycles. The first kappa shape index (κ1) is 12.3. The molecule has 0 aromatic carbocycles. The standard InChI is InChI=1S/C13H15N3O2/c1-13(2,12(17)18)7-11-15-6-4-10(16-11)9-3-5-14-8-9/h3-6,8,14H,7H2,1-2H3,(H,17,18). The number of rotatable bonds is 4. The van der Waals surface area contributed by atoms with Gasteiger partial charge in [0.25, 0.3) is 0 Å². The predicted octanol–water partition coefficient (Wildman–Crippen LogP) is 2.12. The lowest BCUT2D eigenvalue weighted by atomic mass is 9.89. The summed E-state index contributed by atoms with van der Waals surface area (Å²) in [5.74, 6) is -0.306. The topological polar surface area (TPSA) is 78.9 Å². The molecular formula is C13H15N3O2. The fourth-order valence-corrected chi connectivity index (χ4v) is 1.60. The molecule has 0 radical (unpaired) electrons. The lowest BCUT2D eigenvalue weighted by Gasteiger charge is -2.17. The third kappa shape index (κ3) is 2.56. The molecule has 0 aliphatic carbocycles. The van der Waals surface area contributed by atoms with Crippen molar-refractivity contribution in [1.82, 2.24) is 15.0 Å². The van der Waals surface area contributed by atoms with Crippen LogP contribution in [-0.2, 0) is 11.2 Å². The van der Waals surface area contributed by atoms with E-state index in [4.69, 9.17) is 5.11 Å². The maximum Gasteiger partial charge on any atom is 0.309 e. The largest absolute Gasteiger partial charge is 0.481 e. The molecule has 18 heavy (non-hydrogen) atoms. The first-order chi connectivity index (χ1) is 8.49. The van der Waals surface area contributed by atoms with Gasteiger partial charge in [0.05, 0.1) is 11.1 Å². The summed E-state index contributed by atoms with van der Waals surface area (Å²) >= 11 is 0. The summed E-state index contributed by atoms with van der Waals surface area (Å²) in [5, 5.41) is 9.10. The van der Waals surface area contributed by atoms with Gasteiger partial charge in [-0.1, -0.05) is 0 Å². The van der Waals surface area contributed by atoms with Gasteiger partial charge < -0.3 is 10.1 Å². The van der Waals surface area contributed by atoms with Gasteiger partial charge in [-0.15, -0.1) is 0 Å². The van der Waals surface area contributed by atoms with Gasteiger partial charge in [0.1, 0.15) is 5.82 Å². The molecule has 0 aliphatic rings. The first-order valence-corrected chi connectivity index (χ1v) is 5.67. The van der Waals surface area contributed by atoms with Gasteiger partial charge in [-0.25, -0.2) is 9.97 Å². The van der Waals surface area contributed by atoms with Crippen molar-refractivity contribution in [2.75, 3.05) is 0 Å². The molecule has 0 saturated heterocycles. The Morgan fingerprint density at radius 1 is 1.44 bits per heavy atom. The van der Waals surface area contributed by atoms with Crippen LogP contribution in [0, 0.1) is 5.41 Å². The van der Waals surface area contributed by atoms with Crippen molar-refractivity contribution >= 4 is 5.97 Å². The SMILES string of the molecule is CC(C)(Cc1nccc(-c2cc[nH]c2)n1)C(=O)O. The molecule has 0 fully saturated rings. The number of aromatic amines is 1. The fraction of sp³-hybridized carbons (Fsp3) is 0.308. The average Bonchev–Trinajstić information content (AvgIpc) is 2.82. The van der Waals surface area contributed by atoms with E-state index in [1.54, 1.807) is 26.1 Å². The van der Waals surface area contributed by atoms with Gasteiger partial charge in [-0.2, -0.15) is 0 Å². The van der Waals surface area contributed by atoms with Gasteiger partial charge in [0.2, 0.25) is 0 Å². The molecule has 2 N–H and O–H groups in total. The fourth-order valence-electron chi connectivity index (χ4n) is 1.60. The van der Waals surface area contributed by atoms with E-state index < -0.39 is 11.4 Å². The van der Waals surface area contributed by atoms with Gasteiger partial charge in [-0.05, 0) is 26.0 Å². The van der Waals surface area contributed by atoms with E-state index >= 15 is 0 Å². The minimum atomic E-state index is -0.864. The quantitative estimate of drug-likeness (QED) is 0.864. The summed E-state index contributed by atoms with van der Waals surface area (Å²) in [7, 11) is 0. The first-order valence-electron chi connectivity index (χ1n) is 5.67. The van der Waals surface area contributed by atoms with E-state index in [-0.39, 0.29) is 0 Å². The van der Waals surface area contributed by atoms with E-state index in [9.17, 15) is 4.79 Å². The van der Waals surface area contributed by atoms with Crippen LogP contribution >= 0.6 is 0 Å². The zero-order chi connectivity index (χ0) is 13.2. The number of hydrogen-bond donors (Lipinski definition) is 2. The highest BCUT2D eigenvalue weighted by molar-refractivity contribution is 5.73. The third-order valence-corrected chi connectivity index (χ3v) is 2.78. The minimum absolute atomic E-state index is 0.306. The van der Waals surface area contributed by atoms with Crippen LogP contribution in [0.1, 0.15) is 19.7 Å². The Bertz CT molecular complexity index is 547. The second kappa shape index (κ2) is 4.60. The molecule has 0 aliphatic heterocycles. The smallest absolute Gasteiger partial charge is 0.309 e. The highest BCUT2D eigenvalue weighted by Gasteiger charge is 2.28. The van der Waals surface area contributed by atoms with Crippen molar-refractivity contribution in [2.24, 2.45) is 5.41 Å². The van der Waals surface area contributed by atoms with Crippen molar-refractivity contribution in [2.45, 2.75) is 20.3 Å². The minimum Gasteiger partial charge on any atom is -0.481 e. The monoisotopic (exact) mass is 245 g/mol. The maximum atomic E-state index is 11.1. The molecule has 2 rings (SSSR count). The summed E-state index contributed by atoms with van der Waals surface area (Å²) in [4.78, 5) is 22.6. The van der Waals surface area contributed by atoms with Crippen LogP contribution in [0.25, 0.3) is 11.3 Å². The Balaban J connectivity index is 2.26. The van der Waals surface area contributed by atoms with Crippen molar-refractivity contribution in [3.8, 4) is 11.3 Å². The number of carbonyl (C=O) groups is 1. The number of aromatic nitrogens is 3. The highest BCUT2D eigenvalue weighted by atomic mass is 16.4. The van der Waals surface area contributed by atoms with Crippen LogP contribution in [0.2, 0.25) is 0 Å². The molecular weight excluding hydrogens is 230 g/mol. The van der Waals surface area contributed by atoms with Crippen LogP contribution < -0.4 is 0 Å². The predicted molar refractivity (Wildman–Crippen MR) is 66.9 cm³/mol. The van der Waals surface area contributed by atoms with E-state index in [2.05, 4.69) is 15.0 Å². The molecule has 0 amide bonds. The maximum absolute atomic E-state index is 11.1. The zero-order valence-corrected chi connectivity index (χ0v) is 10.3. The van der Waals surface area contributed by atoms with E-state index in [0.717, 1.165) is 11.3 Å². The summed E-state index contributed by atoms with van der Waals surface area (Å²) in [5.41, 5.74) is 0.894. The summed E-state index contributed by atoms with van der Waals surface area (Å²) in [6, 6.07) is 3.72. The Labute approximate surface area is 105 Å². The molecule has 2 heterocycles. The Kier molecular flexibility index (Phi) is 3.14. The van der Waals surface area contributed by atoms with E-state index in [0.29, 0.717) is 12.2 Å². The summed E-state index contributed by atoms with van der Waals surface area (Å²) in [6.45, 7) is 3.34. The van der Waals surface area contributed by atoms with Crippen molar-refractivity contribution in [3.63, 3.8) is 0 Å². The number of nitrogens with zero attached hydrogens (tertiary/aromatic N) is 2. The van der Waals surface area contributed by atoms with Gasteiger partial charge >= 0.3 is 5.97 Å². The Hall–Kier alpha value is -2.17. The third-order valence-electron chi connectivity index (χ3n) is 2.78. The molecule has 5 heteroatoms. The summed E-state index contributed by atoms with van der Waals surface area (Å²) in [6.07, 6.45) is 5.62. The molecule has 2 aromatic rings. The Morgan fingerprint density at radius 2 is 2.22 bits per heavy atom. The lowest BCUT2D eigenvalue weighted by molar-refractivity contribution is -0.146. The normalized spacial score (nSPS) is 11.4. The van der Waals surface area contributed by atoms with Crippen LogP contribution in [0.3, 0.4) is 0 Å². The van der Waals surface area contributed by atoms with Crippen molar-refractivity contribution in [3.05, 3.63) is 36.5 Å². The average molecular weight is 245 g/mol. The van der Waals surface area contributed by atoms with Gasteiger partial charge in [0.15, 0.2) is 0 Å². The molecule has 2 aromatic heterocycles. The number of H-pyrrole nitrogens is 1. The Morgan fingerprint density at radius 3 is 2.83 bits per heavy atom. The number of carboxylic acids is 1. The van der Waals surface area contributed by atoms with Crippen LogP contribution in [-0.4, -0.2) is 26.0 Å². The zero-order valence-electron chi connectivity index (χ0n) is 10.3. The molecule has 0 spiro atoms. The van der Waals surface area contributed by atoms with Crippen LogP contribution in [0.5, 0.6) is 0 Å². The van der Waals surface area contributed by atoms with Crippen molar-refractivity contribution < 1.29 is 9.90 Å². The molecule has 0 unspecified atom stereocenters. The number of carboxylic acid groups (broad SMARTS) is 1. The van der Waals surface area contributed by atoms with E-state index in [1.165, 1.54) is 0 Å². The number of hydrogen-bond acceptors (Lipinski definition) is 3. The van der Waals surface area contributed by atoms with Crippen molar-refractivity contribution in [1.29, 1.82) is 0 Å². The van der Waals surface area contributed by atoms with E-state index in [1.807, 2.05) is 18.5 Å². The number of nitrogens with one attached hydrogen (secondary N) is 1. The molecule has 0 atom stereocenters. The summed E-state index contributed by atoms with van der Waals surface area (Å²) < 4.78 is 0. The van der Waals surface area contributed by atoms with Crippen LogP contribution in [0.4, 0.5) is 0 Å². The highest BCUT2D eigenvalue weighted by Crippen LogP contribution is 2.22. The van der Waals surface area contributed by atoms with Crippen LogP contribution in [0.15, 0.2) is 30.7 Å². The lowest BCUT2D eigenvalue weighted by Crippen LogP contribution is -2.27. The number of aliphatic carboxylic acids is 1. The second-order valence-electron chi connectivity index (χ2n) is 4.82. The molecule has 5 nitrogen and oxygen atoms in total. The van der Waals surface area contributed by atoms with Gasteiger partial charge in [0, 0.05) is 30.6 Å². The molecule has 94 valence electrons. The second-order valence-corrected chi connectivity index (χ2v) is 4.82.